The maximum atomic E-state index is 11.4. The molecule has 7 unspecified atom stereocenters. The van der Waals surface area contributed by atoms with E-state index < -0.39 is 108 Å². The van der Waals surface area contributed by atoms with Gasteiger partial charge in [0.25, 0.3) is 11.4 Å². The number of hydrogen-bond acceptors (Lipinski definition) is 22. The van der Waals surface area contributed by atoms with Crippen LogP contribution in [-0.2, 0) is 61.9 Å². The predicted octanol–water partition coefficient (Wildman–Crippen LogP) is 4.12. The molecule has 0 amide bonds. The van der Waals surface area contributed by atoms with Crippen molar-refractivity contribution in [1.82, 2.24) is 0 Å². The van der Waals surface area contributed by atoms with Crippen molar-refractivity contribution in [3.05, 3.63) is 66.7 Å². The third-order valence-corrected chi connectivity index (χ3v) is 10.6. The van der Waals surface area contributed by atoms with Crippen LogP contribution in [0.15, 0.2) is 36.4 Å². The van der Waals surface area contributed by atoms with E-state index >= 15 is 0 Å². The van der Waals surface area contributed by atoms with Gasteiger partial charge in [-0.1, -0.05) is 37.0 Å². The number of nitro groups is 2. The fraction of sp³-hybridized carbons (Fsp3) is 0.595. The molecule has 2 aromatic carbocycles. The molecule has 0 bridgehead atoms. The largest absolute Gasteiger partial charge is 0.463 e. The number of aliphatic hydroxyl groups excluding tert-OH is 3. The summed E-state index contributed by atoms with van der Waals surface area (Å²) in [5.41, 5.74) is -0.379. The SMILES string of the molecule is CC(=O)OCC1OC(OC(C)=O)C(OC(C)=O)C[C@@H]1C.CC(=O)OCC1O[C@@H](Oc2ccc([N+](=O)[O-])cc2Cl)C(OC(C)=O)C[C@@H]1C.O=[N+]([O-])c1ccc(O[C@@H]2OC(CO)[C@@H](O)CC2O)c(Cl)c1. The van der Waals surface area contributed by atoms with Crippen molar-refractivity contribution >= 4 is 64.4 Å². The minimum absolute atomic E-state index is 0.00771. The number of halogens is 2. The quantitative estimate of drug-likeness (QED) is 0.104. The Morgan fingerprint density at radius 1 is 0.603 bits per heavy atom. The summed E-state index contributed by atoms with van der Waals surface area (Å²) in [6.45, 7) is 9.81. The standard InChI is InChI=1S/C17H20ClNO8.C13H20O7.C12H14ClNO7/c1-9-6-15(25-11(3)21)17(27-16(9)8-24-10(2)20)26-14-5-4-12(19(22)23)7-13(14)18;1-7-5-11(18-9(3)15)13(19-10(4)16)20-12(7)6-17-8(2)14;13-7-3-6(14(18)19)1-2-10(7)20-12-9(17)4-8(16)11(5-15)21-12/h4-5,7,9,15-17H,6,8H2,1-3H3;7,11-13H,5-6H2,1-4H3;1-3,8-9,11-12,15-17H,4-5H2/t9-,15?,16?,17+;7-,11?,12?,13?;8-,9?,11?,12+/m000/s1. The lowest BCUT2D eigenvalue weighted by atomic mass is 9.94. The number of carbonyl (C=O) groups excluding carboxylic acids is 5. The highest BCUT2D eigenvalue weighted by Gasteiger charge is 2.42. The number of non-ortho nitro benzene ring substituents is 2. The van der Waals surface area contributed by atoms with E-state index in [9.17, 15) is 54.4 Å². The molecule has 0 radical (unpaired) electrons. The number of esters is 5. The summed E-state index contributed by atoms with van der Waals surface area (Å²) in [6.07, 6.45) is -7.51. The average Bonchev–Trinajstić information content (AvgIpc) is 3.23. The van der Waals surface area contributed by atoms with Crippen LogP contribution in [0.3, 0.4) is 0 Å². The topological polar surface area (TPSA) is 325 Å². The number of aliphatic hydroxyl groups is 3. The van der Waals surface area contributed by atoms with Gasteiger partial charge in [0.1, 0.15) is 36.9 Å². The van der Waals surface area contributed by atoms with Crippen molar-refractivity contribution in [2.45, 2.75) is 129 Å². The summed E-state index contributed by atoms with van der Waals surface area (Å²) in [5.74, 6) is -2.20. The Morgan fingerprint density at radius 2 is 1.00 bits per heavy atom. The van der Waals surface area contributed by atoms with Gasteiger partial charge in [-0.15, -0.1) is 0 Å². The minimum atomic E-state index is -1.13. The summed E-state index contributed by atoms with van der Waals surface area (Å²) >= 11 is 11.9. The first-order chi connectivity index (χ1) is 31.9. The third kappa shape index (κ3) is 18.2. The Balaban J connectivity index is 0.000000274. The zero-order valence-electron chi connectivity index (χ0n) is 37.9. The monoisotopic (exact) mass is 1010 g/mol. The normalized spacial score (nSPS) is 27.5. The first-order valence-corrected chi connectivity index (χ1v) is 21.6. The molecule has 0 aliphatic carbocycles. The van der Waals surface area contributed by atoms with Crippen molar-refractivity contribution in [2.24, 2.45) is 11.8 Å². The maximum Gasteiger partial charge on any atom is 0.305 e. The summed E-state index contributed by atoms with van der Waals surface area (Å²) in [7, 11) is 0. The lowest BCUT2D eigenvalue weighted by Gasteiger charge is -2.39. The number of nitro benzene ring substituents is 2. The van der Waals surface area contributed by atoms with Crippen LogP contribution in [0, 0.1) is 32.1 Å². The Kier molecular flexibility index (Phi) is 22.5. The fourth-order valence-corrected chi connectivity index (χ4v) is 7.08. The molecule has 3 aliphatic heterocycles. The Bertz CT molecular complexity index is 2080. The Hall–Kier alpha value is -5.47. The van der Waals surface area contributed by atoms with E-state index in [0.717, 1.165) is 12.1 Å². The van der Waals surface area contributed by atoms with Crippen LogP contribution in [0.1, 0.15) is 67.7 Å². The lowest BCUT2D eigenvalue weighted by Crippen LogP contribution is -2.51. The van der Waals surface area contributed by atoms with Gasteiger partial charge in [-0.05, 0) is 36.8 Å². The highest BCUT2D eigenvalue weighted by atomic mass is 35.5. The highest BCUT2D eigenvalue weighted by molar-refractivity contribution is 6.32. The van der Waals surface area contributed by atoms with Gasteiger partial charge in [-0.2, -0.15) is 0 Å². The molecule has 0 spiro atoms. The smallest absolute Gasteiger partial charge is 0.305 e. The van der Waals surface area contributed by atoms with Gasteiger partial charge in [0.05, 0.1) is 44.8 Å². The second-order valence-electron chi connectivity index (χ2n) is 15.6. The number of nitrogens with zero attached hydrogens (tertiary/aromatic N) is 2. The van der Waals surface area contributed by atoms with Crippen LogP contribution in [0.4, 0.5) is 11.4 Å². The van der Waals surface area contributed by atoms with E-state index in [1.807, 2.05) is 13.8 Å². The first kappa shape index (κ1) is 56.9. The molecule has 0 saturated carbocycles. The maximum absolute atomic E-state index is 11.4. The zero-order chi connectivity index (χ0) is 51.0. The molecule has 12 atom stereocenters. The number of hydrogen-bond donors (Lipinski definition) is 3. The van der Waals surface area contributed by atoms with Gasteiger partial charge >= 0.3 is 29.8 Å². The second kappa shape index (κ2) is 26.9. The van der Waals surface area contributed by atoms with Crippen LogP contribution in [0.2, 0.25) is 10.0 Å². The van der Waals surface area contributed by atoms with E-state index in [4.69, 9.17) is 75.7 Å². The van der Waals surface area contributed by atoms with Gasteiger partial charge in [-0.25, -0.2) is 0 Å². The summed E-state index contributed by atoms with van der Waals surface area (Å²) < 4.78 is 53.0. The van der Waals surface area contributed by atoms with Crippen LogP contribution >= 0.6 is 23.2 Å². The van der Waals surface area contributed by atoms with Crippen LogP contribution < -0.4 is 9.47 Å². The molecule has 378 valence electrons. The number of benzene rings is 2. The zero-order valence-corrected chi connectivity index (χ0v) is 39.4. The number of rotatable bonds is 14. The van der Waals surface area contributed by atoms with Gasteiger partial charge in [-0.3, -0.25) is 44.2 Å². The minimum Gasteiger partial charge on any atom is -0.463 e. The lowest BCUT2D eigenvalue weighted by molar-refractivity contribution is -0.385. The van der Waals surface area contributed by atoms with Crippen molar-refractivity contribution in [3.8, 4) is 11.5 Å². The van der Waals surface area contributed by atoms with Gasteiger partial charge in [0.2, 0.25) is 18.9 Å². The van der Waals surface area contributed by atoms with Gasteiger partial charge < -0.3 is 62.7 Å². The van der Waals surface area contributed by atoms with Crippen molar-refractivity contribution in [1.29, 1.82) is 0 Å². The van der Waals surface area contributed by atoms with Gasteiger partial charge in [0.15, 0.2) is 12.2 Å². The van der Waals surface area contributed by atoms with Gasteiger partial charge in [0, 0.05) is 65.3 Å². The summed E-state index contributed by atoms with van der Waals surface area (Å²) in [6, 6.07) is 7.34. The average molecular weight is 1010 g/mol. The molecular formula is C42H54Cl2N2O22. The molecule has 3 N–H and O–H groups in total. The summed E-state index contributed by atoms with van der Waals surface area (Å²) in [4.78, 5) is 75.7. The van der Waals surface area contributed by atoms with Crippen molar-refractivity contribution in [2.75, 3.05) is 19.8 Å². The third-order valence-electron chi connectivity index (χ3n) is 9.97. The van der Waals surface area contributed by atoms with E-state index in [2.05, 4.69) is 0 Å². The van der Waals surface area contributed by atoms with E-state index in [1.165, 1.54) is 58.9 Å². The van der Waals surface area contributed by atoms with Crippen LogP contribution in [0.5, 0.6) is 11.5 Å². The molecule has 3 heterocycles. The predicted molar refractivity (Wildman–Crippen MR) is 231 cm³/mol. The molecule has 26 heteroatoms. The summed E-state index contributed by atoms with van der Waals surface area (Å²) in [5, 5.41) is 49.9. The Morgan fingerprint density at radius 3 is 1.38 bits per heavy atom. The molecular weight excluding hydrogens is 955 g/mol. The molecule has 68 heavy (non-hydrogen) atoms. The Labute approximate surface area is 399 Å². The first-order valence-electron chi connectivity index (χ1n) is 20.8. The number of carbonyl (C=O) groups is 5. The molecule has 3 saturated heterocycles. The highest BCUT2D eigenvalue weighted by Crippen LogP contribution is 2.35. The fourth-order valence-electron chi connectivity index (χ4n) is 6.64. The number of ether oxygens (including phenoxy) is 10. The molecule has 3 aliphatic rings. The second-order valence-corrected chi connectivity index (χ2v) is 16.4. The van der Waals surface area contributed by atoms with E-state index in [-0.39, 0.29) is 64.4 Å². The molecule has 24 nitrogen and oxygen atoms in total. The van der Waals surface area contributed by atoms with E-state index in [1.54, 1.807) is 0 Å². The van der Waals surface area contributed by atoms with Crippen molar-refractivity contribution in [3.63, 3.8) is 0 Å². The van der Waals surface area contributed by atoms with E-state index in [0.29, 0.717) is 12.8 Å². The molecule has 5 rings (SSSR count). The molecule has 3 fully saturated rings. The van der Waals surface area contributed by atoms with Crippen LogP contribution in [0.25, 0.3) is 0 Å². The van der Waals surface area contributed by atoms with Crippen LogP contribution in [-0.4, -0.2) is 136 Å². The molecule has 0 aromatic heterocycles. The van der Waals surface area contributed by atoms with Crippen molar-refractivity contribution < 1.29 is 96.5 Å². The molecule has 2 aromatic rings.